The molecule has 0 bridgehead atoms. The minimum atomic E-state index is 0.750. The van der Waals surface area contributed by atoms with Crippen LogP contribution in [0, 0.1) is 6.92 Å². The molecule has 1 heterocycles. The Morgan fingerprint density at radius 1 is 1.10 bits per heavy atom. The highest BCUT2D eigenvalue weighted by atomic mass is 16.5. The van der Waals surface area contributed by atoms with E-state index in [-0.39, 0.29) is 0 Å². The molecule has 0 spiro atoms. The molecule has 1 aromatic carbocycles. The average molecular weight is 277 g/mol. The van der Waals surface area contributed by atoms with Crippen LogP contribution in [0.3, 0.4) is 0 Å². The smallest absolute Gasteiger partial charge is 0.244 e. The van der Waals surface area contributed by atoms with Crippen molar-refractivity contribution in [1.29, 1.82) is 0 Å². The van der Waals surface area contributed by atoms with Crippen molar-refractivity contribution in [2.24, 2.45) is 0 Å². The molecule has 0 aliphatic heterocycles. The number of ether oxygens (including phenoxy) is 2. The summed E-state index contributed by atoms with van der Waals surface area (Å²) in [4.78, 5) is 0. The van der Waals surface area contributed by atoms with E-state index < -0.39 is 0 Å². The Kier molecular flexibility index (Phi) is 5.56. The first-order chi connectivity index (χ1) is 9.76. The lowest BCUT2D eigenvalue weighted by Crippen LogP contribution is -2.34. The average Bonchev–Trinajstić information content (AvgIpc) is 2.77. The van der Waals surface area contributed by atoms with Crippen LogP contribution in [-0.4, -0.2) is 31.0 Å². The van der Waals surface area contributed by atoms with Crippen LogP contribution in [0.5, 0.6) is 0 Å². The van der Waals surface area contributed by atoms with Crippen LogP contribution in [0.1, 0.15) is 19.4 Å². The largest absolute Gasteiger partial charge is 0.378 e. The van der Waals surface area contributed by atoms with Gasteiger partial charge < -0.3 is 9.47 Å². The van der Waals surface area contributed by atoms with Gasteiger partial charge in [-0.25, -0.2) is 9.13 Å². The van der Waals surface area contributed by atoms with E-state index in [1.54, 1.807) is 0 Å². The lowest BCUT2D eigenvalue weighted by atomic mass is 10.2. The van der Waals surface area contributed by atoms with Gasteiger partial charge in [-0.15, -0.1) is 0 Å². The van der Waals surface area contributed by atoms with E-state index in [9.17, 15) is 0 Å². The number of imidazole rings is 1. The quantitative estimate of drug-likeness (QED) is 0.547. The number of rotatable bonds is 8. The second kappa shape index (κ2) is 7.41. The molecule has 0 radical (unpaired) electrons. The highest BCUT2D eigenvalue weighted by Crippen LogP contribution is 2.13. The third kappa shape index (κ3) is 3.58. The van der Waals surface area contributed by atoms with E-state index in [1.165, 1.54) is 16.6 Å². The predicted octanol–water partition coefficient (Wildman–Crippen LogP) is 2.31. The molecule has 2 rings (SSSR count). The standard InChI is InChI=1S/C16H25N2O2/c1-4-19-10-8-17-13-18(9-11-20-5-2)16-12-14(3)6-7-15(16)17/h6-7,12-13H,4-5,8-11H2,1-3H3/q+1. The molecule has 0 saturated carbocycles. The molecule has 0 unspecified atom stereocenters. The summed E-state index contributed by atoms with van der Waals surface area (Å²) >= 11 is 0. The second-order valence-electron chi connectivity index (χ2n) is 4.89. The van der Waals surface area contributed by atoms with E-state index in [4.69, 9.17) is 9.47 Å². The number of aryl methyl sites for hydroxylation is 1. The fourth-order valence-corrected chi connectivity index (χ4v) is 2.37. The van der Waals surface area contributed by atoms with Gasteiger partial charge in [0.1, 0.15) is 13.1 Å². The van der Waals surface area contributed by atoms with Crippen LogP contribution in [0.2, 0.25) is 0 Å². The summed E-state index contributed by atoms with van der Waals surface area (Å²) < 4.78 is 15.5. The number of nitrogens with zero attached hydrogens (tertiary/aromatic N) is 2. The maximum atomic E-state index is 5.47. The van der Waals surface area contributed by atoms with Gasteiger partial charge in [0.15, 0.2) is 11.0 Å². The van der Waals surface area contributed by atoms with Crippen molar-refractivity contribution in [2.45, 2.75) is 33.9 Å². The zero-order valence-corrected chi connectivity index (χ0v) is 12.8. The summed E-state index contributed by atoms with van der Waals surface area (Å²) in [7, 11) is 0. The van der Waals surface area contributed by atoms with Crippen LogP contribution in [0.4, 0.5) is 0 Å². The summed E-state index contributed by atoms with van der Waals surface area (Å²) in [6.45, 7) is 11.0. The number of benzene rings is 1. The minimum absolute atomic E-state index is 0.750. The van der Waals surface area contributed by atoms with Gasteiger partial charge >= 0.3 is 0 Å². The van der Waals surface area contributed by atoms with E-state index in [0.29, 0.717) is 0 Å². The van der Waals surface area contributed by atoms with Crippen molar-refractivity contribution in [1.82, 2.24) is 4.57 Å². The fourth-order valence-electron chi connectivity index (χ4n) is 2.37. The minimum Gasteiger partial charge on any atom is -0.378 e. The molecular formula is C16H25N2O2+. The molecule has 4 heteroatoms. The molecule has 0 aliphatic carbocycles. The lowest BCUT2D eigenvalue weighted by molar-refractivity contribution is -0.674. The number of hydrogen-bond acceptors (Lipinski definition) is 2. The molecule has 110 valence electrons. The van der Waals surface area contributed by atoms with Crippen LogP contribution >= 0.6 is 0 Å². The van der Waals surface area contributed by atoms with Gasteiger partial charge in [-0.3, -0.25) is 0 Å². The molecule has 4 nitrogen and oxygen atoms in total. The maximum absolute atomic E-state index is 5.47. The summed E-state index contributed by atoms with van der Waals surface area (Å²) in [6.07, 6.45) is 2.17. The van der Waals surface area contributed by atoms with Crippen molar-refractivity contribution in [3.05, 3.63) is 30.1 Å². The SMILES string of the molecule is CCOCCn1c[n+](CCOCC)c2ccc(C)cc21. The van der Waals surface area contributed by atoms with Crippen LogP contribution in [0.15, 0.2) is 24.5 Å². The zero-order chi connectivity index (χ0) is 14.4. The van der Waals surface area contributed by atoms with Gasteiger partial charge in [0.25, 0.3) is 0 Å². The third-order valence-corrected chi connectivity index (χ3v) is 3.39. The van der Waals surface area contributed by atoms with E-state index in [0.717, 1.165) is 39.5 Å². The summed E-state index contributed by atoms with van der Waals surface area (Å²) in [6, 6.07) is 6.58. The Labute approximate surface area is 120 Å². The van der Waals surface area contributed by atoms with Gasteiger partial charge in [-0.1, -0.05) is 6.07 Å². The molecular weight excluding hydrogens is 252 g/mol. The Morgan fingerprint density at radius 2 is 1.85 bits per heavy atom. The Hall–Kier alpha value is -1.39. The van der Waals surface area contributed by atoms with E-state index in [1.807, 2.05) is 13.8 Å². The van der Waals surface area contributed by atoms with Gasteiger partial charge in [0, 0.05) is 13.2 Å². The topological polar surface area (TPSA) is 27.3 Å². The van der Waals surface area contributed by atoms with Crippen molar-refractivity contribution < 1.29 is 14.0 Å². The molecule has 2 aromatic rings. The molecule has 1 aromatic heterocycles. The maximum Gasteiger partial charge on any atom is 0.244 e. The first-order valence-electron chi connectivity index (χ1n) is 7.40. The van der Waals surface area contributed by atoms with Gasteiger partial charge in [-0.2, -0.15) is 0 Å². The molecule has 0 fully saturated rings. The molecule has 0 atom stereocenters. The number of hydrogen-bond donors (Lipinski definition) is 0. The van der Waals surface area contributed by atoms with Crippen LogP contribution in [0.25, 0.3) is 11.0 Å². The molecule has 20 heavy (non-hydrogen) atoms. The summed E-state index contributed by atoms with van der Waals surface area (Å²) in [5, 5.41) is 0. The van der Waals surface area contributed by atoms with E-state index in [2.05, 4.69) is 40.6 Å². The monoisotopic (exact) mass is 277 g/mol. The second-order valence-corrected chi connectivity index (χ2v) is 4.89. The first kappa shape index (κ1) is 15.0. The Balaban J connectivity index is 2.23. The number of aromatic nitrogens is 2. The first-order valence-corrected chi connectivity index (χ1v) is 7.40. The Bertz CT molecular complexity index is 549. The van der Waals surface area contributed by atoms with E-state index >= 15 is 0 Å². The van der Waals surface area contributed by atoms with Gasteiger partial charge in [0.2, 0.25) is 6.33 Å². The summed E-state index contributed by atoms with van der Waals surface area (Å²) in [5.41, 5.74) is 3.80. The molecule has 0 aliphatic rings. The van der Waals surface area contributed by atoms with Crippen molar-refractivity contribution in [2.75, 3.05) is 26.4 Å². The highest BCUT2D eigenvalue weighted by molar-refractivity contribution is 5.72. The van der Waals surface area contributed by atoms with Crippen LogP contribution < -0.4 is 4.57 Å². The fraction of sp³-hybridized carbons (Fsp3) is 0.562. The van der Waals surface area contributed by atoms with Crippen molar-refractivity contribution >= 4 is 11.0 Å². The normalized spacial score (nSPS) is 11.3. The Morgan fingerprint density at radius 3 is 2.60 bits per heavy atom. The van der Waals surface area contributed by atoms with Gasteiger partial charge in [0.05, 0.1) is 13.2 Å². The predicted molar refractivity (Wildman–Crippen MR) is 79.9 cm³/mol. The molecule has 0 N–H and O–H groups in total. The lowest BCUT2D eigenvalue weighted by Gasteiger charge is -1.99. The van der Waals surface area contributed by atoms with Crippen molar-refractivity contribution in [3.63, 3.8) is 0 Å². The molecule has 0 amide bonds. The van der Waals surface area contributed by atoms with Gasteiger partial charge in [-0.05, 0) is 38.5 Å². The zero-order valence-electron chi connectivity index (χ0n) is 12.8. The molecule has 0 saturated heterocycles. The third-order valence-electron chi connectivity index (χ3n) is 3.39. The van der Waals surface area contributed by atoms with Crippen molar-refractivity contribution in [3.8, 4) is 0 Å². The number of fused-ring (bicyclic) bond motifs is 1. The van der Waals surface area contributed by atoms with Crippen LogP contribution in [-0.2, 0) is 22.6 Å². The summed E-state index contributed by atoms with van der Waals surface area (Å²) in [5.74, 6) is 0. The highest BCUT2D eigenvalue weighted by Gasteiger charge is 2.15.